The van der Waals surface area contributed by atoms with Crippen LogP contribution in [0.1, 0.15) is 31.2 Å². The molecule has 0 bridgehead atoms. The molecule has 1 aromatic heterocycles. The van der Waals surface area contributed by atoms with Gasteiger partial charge in [-0.1, -0.05) is 30.3 Å². The smallest absolute Gasteiger partial charge is 0.262 e. The van der Waals surface area contributed by atoms with E-state index in [-0.39, 0.29) is 11.8 Å². The van der Waals surface area contributed by atoms with Gasteiger partial charge in [0.25, 0.3) is 11.8 Å². The maximum absolute atomic E-state index is 13.7. The van der Waals surface area contributed by atoms with Gasteiger partial charge < -0.3 is 10.6 Å². The van der Waals surface area contributed by atoms with Crippen molar-refractivity contribution in [1.82, 2.24) is 0 Å². The summed E-state index contributed by atoms with van der Waals surface area (Å²) >= 11 is 1.54. The number of hydrogen-bond acceptors (Lipinski definition) is 4. The van der Waals surface area contributed by atoms with E-state index in [0.29, 0.717) is 23.4 Å². The van der Waals surface area contributed by atoms with Crippen molar-refractivity contribution in [3.8, 4) is 0 Å². The Morgan fingerprint density at radius 3 is 2.38 bits per heavy atom. The largest absolute Gasteiger partial charge is 0.379 e. The molecule has 3 aromatic carbocycles. The van der Waals surface area contributed by atoms with Crippen molar-refractivity contribution in [3.63, 3.8) is 0 Å². The summed E-state index contributed by atoms with van der Waals surface area (Å²) in [5, 5.41) is 8.23. The van der Waals surface area contributed by atoms with Gasteiger partial charge in [0.2, 0.25) is 0 Å². The highest BCUT2D eigenvalue weighted by molar-refractivity contribution is 7.10. The minimum atomic E-state index is -0.149. The Morgan fingerprint density at radius 2 is 1.62 bits per heavy atom. The maximum Gasteiger partial charge on any atom is 0.262 e. The van der Waals surface area contributed by atoms with E-state index in [1.54, 1.807) is 29.2 Å². The molecule has 5 nitrogen and oxygen atoms in total. The number of benzene rings is 3. The zero-order valence-corrected chi connectivity index (χ0v) is 18.3. The van der Waals surface area contributed by atoms with E-state index in [1.807, 2.05) is 66.9 Å². The summed E-state index contributed by atoms with van der Waals surface area (Å²) in [6.45, 7) is 2.57. The Balaban J connectivity index is 1.46. The van der Waals surface area contributed by atoms with Gasteiger partial charge in [-0.3, -0.25) is 14.5 Å². The van der Waals surface area contributed by atoms with Crippen molar-refractivity contribution in [2.24, 2.45) is 0 Å². The monoisotopic (exact) mass is 439 g/mol. The summed E-state index contributed by atoms with van der Waals surface area (Å²) in [6, 6.07) is 24.6. The van der Waals surface area contributed by atoms with Crippen molar-refractivity contribution in [1.29, 1.82) is 0 Å². The highest BCUT2D eigenvalue weighted by Crippen LogP contribution is 2.38. The molecule has 0 aliphatic carbocycles. The quantitative estimate of drug-likeness (QED) is 0.399. The number of carbonyl (C=O) groups excluding carboxylic acids is 2. The molecule has 2 amide bonds. The topological polar surface area (TPSA) is 61.4 Å². The summed E-state index contributed by atoms with van der Waals surface area (Å²) in [5.74, 6) is -0.274. The van der Waals surface area contributed by atoms with E-state index in [4.69, 9.17) is 0 Å². The summed E-state index contributed by atoms with van der Waals surface area (Å²) in [7, 11) is 0. The molecule has 2 N–H and O–H groups in total. The van der Waals surface area contributed by atoms with E-state index in [1.165, 1.54) is 11.3 Å². The van der Waals surface area contributed by atoms with Crippen LogP contribution in [0.5, 0.6) is 0 Å². The van der Waals surface area contributed by atoms with Crippen LogP contribution in [-0.2, 0) is 6.54 Å². The lowest BCUT2D eigenvalue weighted by molar-refractivity contribution is 0.0997. The molecule has 0 spiro atoms. The molecular formula is C26H21N3O2S. The number of amides is 2. The highest BCUT2D eigenvalue weighted by Gasteiger charge is 2.26. The average Bonchev–Trinajstić information content (AvgIpc) is 3.18. The zero-order valence-electron chi connectivity index (χ0n) is 17.5. The van der Waals surface area contributed by atoms with E-state index >= 15 is 0 Å². The van der Waals surface area contributed by atoms with Crippen molar-refractivity contribution >= 4 is 45.9 Å². The molecule has 4 aromatic rings. The number of hydrogen-bond donors (Lipinski definition) is 2. The lowest BCUT2D eigenvalue weighted by atomic mass is 10.1. The van der Waals surface area contributed by atoms with Crippen LogP contribution < -0.4 is 15.5 Å². The van der Waals surface area contributed by atoms with E-state index in [2.05, 4.69) is 10.6 Å². The maximum atomic E-state index is 13.7. The van der Waals surface area contributed by atoms with Gasteiger partial charge >= 0.3 is 0 Å². The number of nitrogens with zero attached hydrogens (tertiary/aromatic N) is 1. The van der Waals surface area contributed by atoms with Crippen molar-refractivity contribution in [2.75, 3.05) is 15.5 Å². The summed E-state index contributed by atoms with van der Waals surface area (Å²) in [6.07, 6.45) is 0. The standard InChI is InChI=1S/C26H21N3O2S/c1-17-21(14-15-32-17)25(30)28-20-12-10-18(11-13-20)26(31)29-23-8-4-2-6-19(23)16-27-22-7-3-5-9-24(22)29/h2-15,27H,16H2,1H3,(H,28,30). The van der Waals surface area contributed by atoms with E-state index in [9.17, 15) is 9.59 Å². The minimum Gasteiger partial charge on any atom is -0.379 e. The molecule has 0 saturated carbocycles. The molecule has 0 saturated heterocycles. The zero-order chi connectivity index (χ0) is 22.1. The van der Waals surface area contributed by atoms with Crippen molar-refractivity contribution < 1.29 is 9.59 Å². The van der Waals surface area contributed by atoms with Gasteiger partial charge in [0.1, 0.15) is 0 Å². The number of para-hydroxylation sites is 3. The second-order valence-electron chi connectivity index (χ2n) is 7.56. The van der Waals surface area contributed by atoms with Gasteiger partial charge in [0.15, 0.2) is 0 Å². The first-order chi connectivity index (χ1) is 15.6. The third kappa shape index (κ3) is 3.65. The molecular weight excluding hydrogens is 418 g/mol. The van der Waals surface area contributed by atoms with Crippen LogP contribution >= 0.6 is 11.3 Å². The van der Waals surface area contributed by atoms with Crippen molar-refractivity contribution in [3.05, 3.63) is 106 Å². The number of thiophene rings is 1. The molecule has 0 unspecified atom stereocenters. The van der Waals surface area contributed by atoms with Crippen molar-refractivity contribution in [2.45, 2.75) is 13.5 Å². The Labute approximate surface area is 190 Å². The van der Waals surface area contributed by atoms with Crippen LogP contribution in [0.4, 0.5) is 22.7 Å². The number of nitrogens with one attached hydrogen (secondary N) is 2. The number of anilines is 4. The normalized spacial score (nSPS) is 12.2. The number of fused-ring (bicyclic) bond motifs is 2. The molecule has 6 heteroatoms. The van der Waals surface area contributed by atoms with Gasteiger partial charge in [0.05, 0.1) is 22.6 Å². The Bertz CT molecular complexity index is 1260. The molecule has 1 aliphatic rings. The fourth-order valence-electron chi connectivity index (χ4n) is 3.88. The van der Waals surface area contributed by atoms with Crippen LogP contribution in [0.3, 0.4) is 0 Å². The van der Waals surface area contributed by atoms with E-state index < -0.39 is 0 Å². The van der Waals surface area contributed by atoms with E-state index in [0.717, 1.165) is 27.5 Å². The number of rotatable bonds is 3. The third-order valence-corrected chi connectivity index (χ3v) is 6.39. The fraction of sp³-hybridized carbons (Fsp3) is 0.0769. The molecule has 158 valence electrons. The summed E-state index contributed by atoms with van der Waals surface area (Å²) in [4.78, 5) is 28.9. The molecule has 32 heavy (non-hydrogen) atoms. The third-order valence-electron chi connectivity index (χ3n) is 5.54. The SMILES string of the molecule is Cc1sccc1C(=O)Nc1ccc(C(=O)N2c3ccccc3CNc3ccccc32)cc1. The highest BCUT2D eigenvalue weighted by atomic mass is 32.1. The van der Waals surface area contributed by atoms with Gasteiger partial charge in [-0.15, -0.1) is 11.3 Å². The molecule has 5 rings (SSSR count). The second-order valence-corrected chi connectivity index (χ2v) is 8.68. The Morgan fingerprint density at radius 1 is 0.906 bits per heavy atom. The summed E-state index contributed by atoms with van der Waals surface area (Å²) < 4.78 is 0. The molecule has 0 atom stereocenters. The average molecular weight is 440 g/mol. The number of aryl methyl sites for hydroxylation is 1. The molecule has 0 radical (unpaired) electrons. The first-order valence-electron chi connectivity index (χ1n) is 10.3. The second kappa shape index (κ2) is 8.32. The fourth-order valence-corrected chi connectivity index (χ4v) is 4.58. The molecule has 0 fully saturated rings. The number of carbonyl (C=O) groups is 2. The van der Waals surface area contributed by atoms with Gasteiger partial charge in [0, 0.05) is 22.7 Å². The predicted octanol–water partition coefficient (Wildman–Crippen LogP) is 6.21. The first kappa shape index (κ1) is 20.0. The van der Waals surface area contributed by atoms with Crippen LogP contribution in [0.2, 0.25) is 0 Å². The minimum absolute atomic E-state index is 0.125. The van der Waals surface area contributed by atoms with Gasteiger partial charge in [-0.2, -0.15) is 0 Å². The Kier molecular flexibility index (Phi) is 5.21. The molecule has 2 heterocycles. The van der Waals surface area contributed by atoms with Gasteiger partial charge in [-0.25, -0.2) is 0 Å². The lowest BCUT2D eigenvalue weighted by Crippen LogP contribution is -2.26. The lowest BCUT2D eigenvalue weighted by Gasteiger charge is -2.24. The first-order valence-corrected chi connectivity index (χ1v) is 11.2. The van der Waals surface area contributed by atoms with Crippen LogP contribution in [0, 0.1) is 6.92 Å². The van der Waals surface area contributed by atoms with Crippen LogP contribution in [-0.4, -0.2) is 11.8 Å². The Hall–Kier alpha value is -3.90. The van der Waals surface area contributed by atoms with Gasteiger partial charge in [-0.05, 0) is 66.4 Å². The van der Waals surface area contributed by atoms with Crippen LogP contribution in [0.25, 0.3) is 0 Å². The molecule has 1 aliphatic heterocycles. The van der Waals surface area contributed by atoms with Crippen LogP contribution in [0.15, 0.2) is 84.2 Å². The summed E-state index contributed by atoms with van der Waals surface area (Å²) in [5.41, 5.74) is 5.49. The predicted molar refractivity (Wildman–Crippen MR) is 130 cm³/mol.